The van der Waals surface area contributed by atoms with Crippen molar-refractivity contribution in [1.29, 1.82) is 0 Å². The molecule has 0 amide bonds. The van der Waals surface area contributed by atoms with Gasteiger partial charge in [0, 0.05) is 0 Å². The molecule has 45 heavy (non-hydrogen) atoms. The molecule has 0 aliphatic carbocycles. The predicted octanol–water partition coefficient (Wildman–Crippen LogP) is 7.65. The van der Waals surface area contributed by atoms with Crippen LogP contribution in [0.3, 0.4) is 0 Å². The van der Waals surface area contributed by atoms with Crippen LogP contribution in [-0.4, -0.2) is 0 Å². The molecule has 0 saturated heterocycles. The maximum atomic E-state index is 4.57. The third-order valence-electron chi connectivity index (χ3n) is 6.73. The molecular formula is C41H33ClP2Ru-2. The molecular weight excluding hydrogens is 691 g/mol. The van der Waals surface area contributed by atoms with Crippen LogP contribution in [0.5, 0.6) is 0 Å². The first-order valence-corrected chi connectivity index (χ1v) is 19.7. The van der Waals surface area contributed by atoms with E-state index >= 15 is 0 Å². The molecule has 7 aromatic carbocycles. The minimum Gasteiger partial charge on any atom is -0.999 e. The molecule has 0 spiro atoms. The van der Waals surface area contributed by atoms with Crippen LogP contribution < -0.4 is 31.8 Å². The van der Waals surface area contributed by atoms with Gasteiger partial charge < -0.3 is 30.3 Å². The summed E-state index contributed by atoms with van der Waals surface area (Å²) < 4.78 is 0. The first-order valence-electron chi connectivity index (χ1n) is 14.4. The summed E-state index contributed by atoms with van der Waals surface area (Å²) in [5, 5.41) is 8.61. The van der Waals surface area contributed by atoms with E-state index in [9.17, 15) is 0 Å². The molecule has 0 N–H and O–H groups in total. The van der Waals surface area contributed by atoms with Crippen LogP contribution in [0.25, 0.3) is 0 Å². The normalized spacial score (nSPS) is 9.96. The zero-order valence-electron chi connectivity index (χ0n) is 24.6. The minimum atomic E-state index is -0.877. The fourth-order valence-corrected chi connectivity index (χ4v) is 9.96. The van der Waals surface area contributed by atoms with E-state index in [0.29, 0.717) is 0 Å². The number of hydrogen-bond acceptors (Lipinski definition) is 0. The Morgan fingerprint density at radius 3 is 0.644 bits per heavy atom. The maximum absolute atomic E-state index is 4.57. The van der Waals surface area contributed by atoms with Crippen LogP contribution in [0, 0.1) is 24.3 Å². The molecule has 0 fully saturated rings. The Morgan fingerprint density at radius 2 is 0.511 bits per heavy atom. The predicted molar refractivity (Wildman–Crippen MR) is 196 cm³/mol. The summed E-state index contributed by atoms with van der Waals surface area (Å²) >= 11 is 1.82. The Balaban J connectivity index is 0.000000169. The van der Waals surface area contributed by atoms with Crippen molar-refractivity contribution in [2.45, 2.75) is 0 Å². The largest absolute Gasteiger partial charge is 0.999 e. The SMILES string of the molecule is [Cl][Ru+].[c-]1[c-][c-][cH-][c-]1.c1ccc([PH+](c2ccccc2)c2ccccc2)cc1.c1ccc([PH+](c2ccccc2)c2ccccc2)cc1. The third kappa shape index (κ3) is 11.1. The molecule has 0 saturated carbocycles. The molecule has 0 unspecified atom stereocenters. The molecule has 0 bridgehead atoms. The van der Waals surface area contributed by atoms with Gasteiger partial charge in [0.1, 0.15) is 31.8 Å². The van der Waals surface area contributed by atoms with Crippen molar-refractivity contribution in [3.8, 4) is 0 Å². The van der Waals surface area contributed by atoms with E-state index in [1.165, 1.54) is 31.8 Å². The van der Waals surface area contributed by atoms with Gasteiger partial charge in [-0.1, -0.05) is 109 Å². The minimum absolute atomic E-state index is 0.877. The van der Waals surface area contributed by atoms with Gasteiger partial charge in [-0.25, -0.2) is 0 Å². The van der Waals surface area contributed by atoms with E-state index in [4.69, 9.17) is 0 Å². The van der Waals surface area contributed by atoms with E-state index < -0.39 is 15.8 Å². The monoisotopic (exact) mass is 724 g/mol. The Bertz CT molecular complexity index is 1360. The first kappa shape index (κ1) is 34.3. The van der Waals surface area contributed by atoms with Crippen LogP contribution in [0.2, 0.25) is 0 Å². The van der Waals surface area contributed by atoms with Crippen LogP contribution in [0.1, 0.15) is 0 Å². The van der Waals surface area contributed by atoms with E-state index in [1.807, 2.05) is 17.3 Å². The molecule has 0 aliphatic heterocycles. The smallest absolute Gasteiger partial charge is 0.102 e. The summed E-state index contributed by atoms with van der Waals surface area (Å²) in [4.78, 5) is 0. The summed E-state index contributed by atoms with van der Waals surface area (Å²) in [6.07, 6.45) is 0. The summed E-state index contributed by atoms with van der Waals surface area (Å²) in [6, 6.07) is 77.0. The average Bonchev–Trinajstić information content (AvgIpc) is 3.74. The standard InChI is InChI=1S/2C18H15P.C5H.ClH.Ru/c2*1-4-10-16(11-5-1)19(17-12-6-2-7-13-17)18-14-8-3-9-15-18;1-2-4-5-3-1;;/h2*1-15H;1H;1H;/q;;-5;;+2/p+1. The zero-order valence-corrected chi connectivity index (χ0v) is 29.1. The fourth-order valence-electron chi connectivity index (χ4n) is 4.81. The van der Waals surface area contributed by atoms with Gasteiger partial charge in [0.25, 0.3) is 0 Å². The van der Waals surface area contributed by atoms with E-state index in [-0.39, 0.29) is 0 Å². The Hall–Kier alpha value is -3.56. The molecule has 0 radical (unpaired) electrons. The maximum Gasteiger partial charge on any atom is 0.102 e. The van der Waals surface area contributed by atoms with Gasteiger partial charge in [-0.15, -0.1) is 0 Å². The van der Waals surface area contributed by atoms with Gasteiger partial charge in [0.05, 0.1) is 15.8 Å². The van der Waals surface area contributed by atoms with Crippen molar-refractivity contribution in [3.63, 3.8) is 0 Å². The fraction of sp³-hybridized carbons (Fsp3) is 0. The van der Waals surface area contributed by atoms with Crippen molar-refractivity contribution < 1.29 is 17.3 Å². The van der Waals surface area contributed by atoms with Gasteiger partial charge >= 0.3 is 27.0 Å². The van der Waals surface area contributed by atoms with Crippen molar-refractivity contribution in [2.24, 2.45) is 0 Å². The topological polar surface area (TPSA) is 0 Å². The molecule has 0 atom stereocenters. The third-order valence-corrected chi connectivity index (χ3v) is 12.2. The molecule has 0 heterocycles. The van der Waals surface area contributed by atoms with E-state index in [2.05, 4.69) is 216 Å². The number of hydrogen-bond donors (Lipinski definition) is 0. The Labute approximate surface area is 285 Å². The van der Waals surface area contributed by atoms with Gasteiger partial charge in [-0.3, -0.25) is 0 Å². The van der Waals surface area contributed by atoms with Crippen molar-refractivity contribution in [1.82, 2.24) is 0 Å². The Kier molecular flexibility index (Phi) is 15.6. The molecule has 7 rings (SSSR count). The Morgan fingerprint density at radius 1 is 0.333 bits per heavy atom. The van der Waals surface area contributed by atoms with Crippen LogP contribution in [0.4, 0.5) is 0 Å². The molecule has 224 valence electrons. The quantitative estimate of drug-likeness (QED) is 0.0941. The number of benzene rings is 6. The second-order valence-corrected chi connectivity index (χ2v) is 14.6. The summed E-state index contributed by atoms with van der Waals surface area (Å²) in [5.41, 5.74) is 0. The number of halogens is 1. The first-order chi connectivity index (χ1) is 22.4. The van der Waals surface area contributed by atoms with Crippen molar-refractivity contribution in [2.75, 3.05) is 0 Å². The van der Waals surface area contributed by atoms with Crippen molar-refractivity contribution in [3.05, 3.63) is 212 Å². The molecule has 0 aromatic heterocycles. The molecule has 4 heteroatoms. The van der Waals surface area contributed by atoms with E-state index in [0.717, 1.165) is 0 Å². The van der Waals surface area contributed by atoms with E-state index in [1.54, 1.807) is 6.07 Å². The van der Waals surface area contributed by atoms with Gasteiger partial charge in [-0.2, -0.15) is 0 Å². The van der Waals surface area contributed by atoms with Crippen LogP contribution in [-0.2, 0) is 17.3 Å². The zero-order chi connectivity index (χ0) is 31.4. The van der Waals surface area contributed by atoms with Gasteiger partial charge in [-0.05, 0) is 72.8 Å². The average molecular weight is 724 g/mol. The van der Waals surface area contributed by atoms with Crippen LogP contribution in [0.15, 0.2) is 188 Å². The summed E-state index contributed by atoms with van der Waals surface area (Å²) in [6.45, 7) is 0. The van der Waals surface area contributed by atoms with Gasteiger partial charge in [0.2, 0.25) is 0 Å². The summed E-state index contributed by atoms with van der Waals surface area (Å²) in [7, 11) is 2.81. The van der Waals surface area contributed by atoms with Crippen LogP contribution >= 0.6 is 25.5 Å². The second-order valence-electron chi connectivity index (χ2n) is 9.63. The molecule has 7 aromatic rings. The van der Waals surface area contributed by atoms with Gasteiger partial charge in [0.15, 0.2) is 0 Å². The second kappa shape index (κ2) is 20.5. The summed E-state index contributed by atoms with van der Waals surface area (Å²) in [5.74, 6) is 0. The van der Waals surface area contributed by atoms with Crippen molar-refractivity contribution >= 4 is 57.4 Å². The molecule has 0 nitrogen and oxygen atoms in total. The molecule has 0 aliphatic rings. The number of rotatable bonds is 6.